The first-order chi connectivity index (χ1) is 19.4. The van der Waals surface area contributed by atoms with Crippen molar-refractivity contribution in [1.29, 1.82) is 0 Å². The average Bonchev–Trinajstić information content (AvgIpc) is 2.93. The van der Waals surface area contributed by atoms with E-state index < -0.39 is 15.4 Å². The van der Waals surface area contributed by atoms with Gasteiger partial charge in [0.25, 0.3) is 10.0 Å². The van der Waals surface area contributed by atoms with Crippen molar-refractivity contribution >= 4 is 66.7 Å². The normalized spacial score (nSPS) is 12.0. The molecule has 8 heteroatoms. The smallest absolute Gasteiger partial charge is 0.268 e. The third-order valence-electron chi connectivity index (χ3n) is 6.88. The molecule has 0 aliphatic heterocycles. The molecule has 5 nitrogen and oxygen atoms in total. The number of benzene rings is 5. The fraction of sp³-hybridized carbons (Fsp3) is 0.152. The second-order valence-corrected chi connectivity index (χ2v) is 13.5. The molecule has 0 saturated carbocycles. The lowest BCUT2D eigenvalue weighted by molar-refractivity contribution is 0.476. The molecule has 0 aromatic heterocycles. The number of nitrogens with zero attached hydrogens (tertiary/aromatic N) is 1. The van der Waals surface area contributed by atoms with Gasteiger partial charge in [0.2, 0.25) is 0 Å². The summed E-state index contributed by atoms with van der Waals surface area (Å²) < 4.78 is 30.5. The van der Waals surface area contributed by atoms with Crippen molar-refractivity contribution < 1.29 is 13.5 Å². The summed E-state index contributed by atoms with van der Waals surface area (Å²) in [7, 11) is -4.20. The third-order valence-corrected chi connectivity index (χ3v) is 9.19. The minimum atomic E-state index is -4.20. The Morgan fingerprint density at radius 1 is 0.780 bits per heavy atom. The molecule has 0 bridgehead atoms. The van der Waals surface area contributed by atoms with Gasteiger partial charge in [-0.2, -0.15) is 0 Å². The highest BCUT2D eigenvalue weighted by Crippen LogP contribution is 2.48. The first kappa shape index (κ1) is 28.8. The van der Waals surface area contributed by atoms with E-state index in [1.807, 2.05) is 88.4 Å². The summed E-state index contributed by atoms with van der Waals surface area (Å²) in [6.45, 7) is 8.03. The van der Waals surface area contributed by atoms with Crippen LogP contribution in [0.1, 0.15) is 31.9 Å². The predicted octanol–water partition coefficient (Wildman–Crippen LogP) is 9.73. The number of sulfonamides is 1. The number of nitrogens with one attached hydrogen (secondary N) is 1. The van der Waals surface area contributed by atoms with Crippen molar-refractivity contribution in [3.8, 4) is 5.75 Å². The summed E-state index contributed by atoms with van der Waals surface area (Å²) in [5, 5.41) is 15.3. The van der Waals surface area contributed by atoms with Gasteiger partial charge in [-0.3, -0.25) is 0 Å². The molecule has 0 aliphatic carbocycles. The molecule has 5 aromatic carbocycles. The van der Waals surface area contributed by atoms with Gasteiger partial charge in [0.15, 0.2) is 5.75 Å². The molecule has 0 unspecified atom stereocenters. The minimum absolute atomic E-state index is 0.0550. The zero-order chi connectivity index (χ0) is 29.5. The van der Waals surface area contributed by atoms with Crippen LogP contribution in [0, 0.1) is 6.92 Å². The van der Waals surface area contributed by atoms with Gasteiger partial charge in [-0.1, -0.05) is 104 Å². The van der Waals surface area contributed by atoms with E-state index in [4.69, 9.17) is 23.2 Å². The van der Waals surface area contributed by atoms with Crippen LogP contribution in [-0.4, -0.2) is 13.5 Å². The lowest BCUT2D eigenvalue weighted by atomic mass is 9.83. The molecule has 0 radical (unpaired) electrons. The zero-order valence-corrected chi connectivity index (χ0v) is 25.4. The number of fused-ring (bicyclic) bond motifs is 1. The highest BCUT2D eigenvalue weighted by atomic mass is 35.5. The van der Waals surface area contributed by atoms with Crippen molar-refractivity contribution in [2.24, 2.45) is 0 Å². The minimum Gasteiger partial charge on any atom is -0.505 e. The predicted molar refractivity (Wildman–Crippen MR) is 171 cm³/mol. The Bertz CT molecular complexity index is 1830. The average molecular weight is 606 g/mol. The van der Waals surface area contributed by atoms with Crippen molar-refractivity contribution in [3.05, 3.63) is 118 Å². The van der Waals surface area contributed by atoms with Crippen LogP contribution in [0.3, 0.4) is 0 Å². The number of rotatable bonds is 6. The topological polar surface area (TPSA) is 69.6 Å². The maximum Gasteiger partial charge on any atom is 0.268 e. The van der Waals surface area contributed by atoms with Crippen molar-refractivity contribution in [2.45, 2.75) is 38.0 Å². The van der Waals surface area contributed by atoms with E-state index in [2.05, 4.69) is 5.32 Å². The zero-order valence-electron chi connectivity index (χ0n) is 23.1. The van der Waals surface area contributed by atoms with Crippen molar-refractivity contribution in [3.63, 3.8) is 0 Å². The number of para-hydroxylation sites is 1. The number of anilines is 4. The number of halogens is 2. The lowest BCUT2D eigenvalue weighted by Gasteiger charge is -2.33. The van der Waals surface area contributed by atoms with Crippen LogP contribution in [0.4, 0.5) is 22.7 Å². The first-order valence-corrected chi connectivity index (χ1v) is 15.3. The highest BCUT2D eigenvalue weighted by Gasteiger charge is 2.34. The molecule has 5 rings (SSSR count). The van der Waals surface area contributed by atoms with E-state index >= 15 is 0 Å². The van der Waals surface area contributed by atoms with Gasteiger partial charge in [0, 0.05) is 22.1 Å². The Balaban J connectivity index is 1.90. The standard InChI is InChI=1S/C33H30Cl2N2O3S/c1-21-14-16-24(17-15-21)41(39,40)37(23-18-28(34)32(38)29(35)19-23)31-26-13-9-8-12-25(26)30(20-27(31)33(2,3)4)36-22-10-6-5-7-11-22/h5-20,36,38H,1-4H3. The molecular formula is C33H30Cl2N2O3S. The summed E-state index contributed by atoms with van der Waals surface area (Å²) in [4.78, 5) is 0.110. The Morgan fingerprint density at radius 3 is 1.93 bits per heavy atom. The monoisotopic (exact) mass is 604 g/mol. The molecule has 0 spiro atoms. The summed E-state index contributed by atoms with van der Waals surface area (Å²) in [6.07, 6.45) is 0. The summed E-state index contributed by atoms with van der Waals surface area (Å²) >= 11 is 12.7. The number of aryl methyl sites for hydroxylation is 1. The van der Waals surface area contributed by atoms with E-state index in [1.165, 1.54) is 16.4 Å². The summed E-state index contributed by atoms with van der Waals surface area (Å²) in [5.74, 6) is -0.312. The Labute approximate surface area is 251 Å². The van der Waals surface area contributed by atoms with Crippen LogP contribution >= 0.6 is 23.2 Å². The van der Waals surface area contributed by atoms with E-state index in [0.29, 0.717) is 5.69 Å². The van der Waals surface area contributed by atoms with Crippen LogP contribution in [-0.2, 0) is 15.4 Å². The summed E-state index contributed by atoms with van der Waals surface area (Å²) in [6, 6.07) is 29.1. The molecule has 41 heavy (non-hydrogen) atoms. The van der Waals surface area contributed by atoms with Gasteiger partial charge >= 0.3 is 0 Å². The van der Waals surface area contributed by atoms with E-state index in [1.54, 1.807) is 24.3 Å². The van der Waals surface area contributed by atoms with Gasteiger partial charge in [-0.25, -0.2) is 12.7 Å². The maximum atomic E-state index is 14.6. The van der Waals surface area contributed by atoms with Gasteiger partial charge in [0.05, 0.1) is 26.3 Å². The molecule has 210 valence electrons. The number of phenols is 1. The van der Waals surface area contributed by atoms with Crippen LogP contribution in [0.15, 0.2) is 102 Å². The second-order valence-electron chi connectivity index (χ2n) is 10.9. The quantitative estimate of drug-likeness (QED) is 0.202. The molecule has 0 aliphatic rings. The number of hydrogen-bond acceptors (Lipinski definition) is 4. The van der Waals surface area contributed by atoms with Crippen molar-refractivity contribution in [2.75, 3.05) is 9.62 Å². The largest absolute Gasteiger partial charge is 0.505 e. The van der Waals surface area contributed by atoms with Gasteiger partial charge < -0.3 is 10.4 Å². The van der Waals surface area contributed by atoms with Gasteiger partial charge in [-0.05, 0) is 60.4 Å². The molecule has 0 amide bonds. The van der Waals surface area contributed by atoms with Crippen LogP contribution in [0.2, 0.25) is 10.0 Å². The van der Waals surface area contributed by atoms with Crippen molar-refractivity contribution in [1.82, 2.24) is 0 Å². The highest BCUT2D eigenvalue weighted by molar-refractivity contribution is 7.93. The Kier molecular flexibility index (Phi) is 7.68. The first-order valence-electron chi connectivity index (χ1n) is 13.1. The second kappa shape index (κ2) is 10.9. The number of aromatic hydroxyl groups is 1. The SMILES string of the molecule is Cc1ccc(S(=O)(=O)N(c2cc(Cl)c(O)c(Cl)c2)c2c(C(C)(C)C)cc(Nc3ccccc3)c3ccccc23)cc1. The van der Waals surface area contributed by atoms with Crippen LogP contribution in [0.5, 0.6) is 5.75 Å². The van der Waals surface area contributed by atoms with E-state index in [9.17, 15) is 13.5 Å². The van der Waals surface area contributed by atoms with Crippen LogP contribution in [0.25, 0.3) is 10.8 Å². The fourth-order valence-electron chi connectivity index (χ4n) is 4.80. The molecule has 5 aromatic rings. The van der Waals surface area contributed by atoms with Gasteiger partial charge in [0.1, 0.15) is 0 Å². The third kappa shape index (κ3) is 5.60. The molecule has 0 saturated heterocycles. The molecule has 2 N–H and O–H groups in total. The number of hydrogen-bond donors (Lipinski definition) is 2. The fourth-order valence-corrected chi connectivity index (χ4v) is 6.79. The lowest BCUT2D eigenvalue weighted by Crippen LogP contribution is -2.29. The van der Waals surface area contributed by atoms with Crippen LogP contribution < -0.4 is 9.62 Å². The molecule has 0 fully saturated rings. The Morgan fingerprint density at radius 2 is 1.34 bits per heavy atom. The molecule has 0 heterocycles. The van der Waals surface area contributed by atoms with E-state index in [0.717, 1.165) is 33.3 Å². The van der Waals surface area contributed by atoms with Gasteiger partial charge in [-0.15, -0.1) is 0 Å². The number of phenolic OH excluding ortho intramolecular Hbond substituents is 1. The molecular weight excluding hydrogens is 575 g/mol. The summed E-state index contributed by atoms with van der Waals surface area (Å²) in [5.41, 5.74) is 3.66. The Hall–Kier alpha value is -3.71. The van der Waals surface area contributed by atoms with E-state index in [-0.39, 0.29) is 26.4 Å². The maximum absolute atomic E-state index is 14.6. The molecule has 0 atom stereocenters.